The van der Waals surface area contributed by atoms with E-state index in [1.54, 1.807) is 0 Å². The van der Waals surface area contributed by atoms with Gasteiger partial charge in [0.2, 0.25) is 0 Å². The normalized spacial score (nSPS) is 11.7. The average molecular weight is 299 g/mol. The molecule has 0 radical (unpaired) electrons. The van der Waals surface area contributed by atoms with Gasteiger partial charge in [0.25, 0.3) is 0 Å². The third kappa shape index (κ3) is 5.70. The summed E-state index contributed by atoms with van der Waals surface area (Å²) in [5.41, 5.74) is 2.47. The van der Waals surface area contributed by atoms with Gasteiger partial charge in [0, 0.05) is 42.5 Å². The standard InChI is InChI=1S/C16H27ClN2O/c1-5-19(9-6-10-20)15-8-7-14(17)11-13(15)12-18-16(2,3)4/h7-8,11,18,20H,5-6,9-10,12H2,1-4H3. The minimum Gasteiger partial charge on any atom is -0.396 e. The lowest BCUT2D eigenvalue weighted by Crippen LogP contribution is -2.36. The molecule has 0 fully saturated rings. The van der Waals surface area contributed by atoms with Crippen LogP contribution in [0.5, 0.6) is 0 Å². The van der Waals surface area contributed by atoms with Crippen molar-refractivity contribution >= 4 is 17.3 Å². The molecular weight excluding hydrogens is 272 g/mol. The van der Waals surface area contributed by atoms with E-state index >= 15 is 0 Å². The van der Waals surface area contributed by atoms with Gasteiger partial charge in [-0.25, -0.2) is 0 Å². The first-order chi connectivity index (χ1) is 9.37. The zero-order valence-corrected chi connectivity index (χ0v) is 13.8. The van der Waals surface area contributed by atoms with Crippen molar-refractivity contribution in [2.75, 3.05) is 24.6 Å². The summed E-state index contributed by atoms with van der Waals surface area (Å²) >= 11 is 6.13. The molecule has 114 valence electrons. The number of hydrogen-bond donors (Lipinski definition) is 2. The van der Waals surface area contributed by atoms with Crippen LogP contribution in [0.25, 0.3) is 0 Å². The molecule has 0 amide bonds. The van der Waals surface area contributed by atoms with Gasteiger partial charge in [-0.3, -0.25) is 0 Å². The highest BCUT2D eigenvalue weighted by molar-refractivity contribution is 6.30. The highest BCUT2D eigenvalue weighted by Gasteiger charge is 2.13. The van der Waals surface area contributed by atoms with E-state index < -0.39 is 0 Å². The van der Waals surface area contributed by atoms with Crippen LogP contribution in [0.3, 0.4) is 0 Å². The Kier molecular flexibility index (Phi) is 6.80. The van der Waals surface area contributed by atoms with Crippen LogP contribution in [0.15, 0.2) is 18.2 Å². The second kappa shape index (κ2) is 7.87. The summed E-state index contributed by atoms with van der Waals surface area (Å²) in [6, 6.07) is 6.03. The second-order valence-corrected chi connectivity index (χ2v) is 6.47. The summed E-state index contributed by atoms with van der Waals surface area (Å²) in [6.07, 6.45) is 0.780. The zero-order valence-electron chi connectivity index (χ0n) is 13.0. The lowest BCUT2D eigenvalue weighted by atomic mass is 10.1. The molecule has 0 spiro atoms. The molecule has 0 aromatic heterocycles. The summed E-state index contributed by atoms with van der Waals surface area (Å²) in [7, 11) is 0. The average Bonchev–Trinajstić information content (AvgIpc) is 2.38. The first-order valence-corrected chi connectivity index (χ1v) is 7.64. The van der Waals surface area contributed by atoms with Crippen molar-refractivity contribution in [3.63, 3.8) is 0 Å². The fourth-order valence-corrected chi connectivity index (χ4v) is 2.27. The van der Waals surface area contributed by atoms with Crippen LogP contribution in [0.2, 0.25) is 5.02 Å². The van der Waals surface area contributed by atoms with Gasteiger partial charge in [-0.15, -0.1) is 0 Å². The molecule has 0 aliphatic rings. The Hall–Kier alpha value is -0.770. The molecular formula is C16H27ClN2O. The van der Waals surface area contributed by atoms with E-state index in [0.717, 1.165) is 31.1 Å². The maximum atomic E-state index is 9.02. The molecule has 1 aromatic rings. The lowest BCUT2D eigenvalue weighted by molar-refractivity contribution is 0.289. The van der Waals surface area contributed by atoms with E-state index in [2.05, 4.69) is 44.0 Å². The molecule has 0 aliphatic carbocycles. The van der Waals surface area contributed by atoms with E-state index in [1.807, 2.05) is 12.1 Å². The largest absolute Gasteiger partial charge is 0.396 e. The van der Waals surface area contributed by atoms with E-state index in [4.69, 9.17) is 16.7 Å². The van der Waals surface area contributed by atoms with E-state index in [9.17, 15) is 0 Å². The molecule has 0 atom stereocenters. The molecule has 0 aliphatic heterocycles. The topological polar surface area (TPSA) is 35.5 Å². The highest BCUT2D eigenvalue weighted by Crippen LogP contribution is 2.25. The molecule has 0 heterocycles. The number of aliphatic hydroxyl groups is 1. The fraction of sp³-hybridized carbons (Fsp3) is 0.625. The van der Waals surface area contributed by atoms with Crippen molar-refractivity contribution in [3.8, 4) is 0 Å². The van der Waals surface area contributed by atoms with Gasteiger partial charge in [0.15, 0.2) is 0 Å². The predicted molar refractivity (Wildman–Crippen MR) is 87.6 cm³/mol. The van der Waals surface area contributed by atoms with E-state index in [1.165, 1.54) is 11.3 Å². The first-order valence-electron chi connectivity index (χ1n) is 7.26. The molecule has 20 heavy (non-hydrogen) atoms. The maximum absolute atomic E-state index is 9.02. The number of nitrogens with one attached hydrogen (secondary N) is 1. The van der Waals surface area contributed by atoms with Crippen molar-refractivity contribution in [3.05, 3.63) is 28.8 Å². The first kappa shape index (κ1) is 17.3. The zero-order chi connectivity index (χ0) is 15.2. The molecule has 4 heteroatoms. The van der Waals surface area contributed by atoms with Gasteiger partial charge >= 0.3 is 0 Å². The fourth-order valence-electron chi connectivity index (χ4n) is 2.08. The van der Waals surface area contributed by atoms with E-state index in [-0.39, 0.29) is 12.1 Å². The van der Waals surface area contributed by atoms with Gasteiger partial charge in [0.05, 0.1) is 0 Å². The number of nitrogens with zero attached hydrogens (tertiary/aromatic N) is 1. The van der Waals surface area contributed by atoms with Crippen LogP contribution in [0.1, 0.15) is 39.7 Å². The van der Waals surface area contributed by atoms with Gasteiger partial charge in [-0.1, -0.05) is 11.6 Å². The summed E-state index contributed by atoms with van der Waals surface area (Å²) in [4.78, 5) is 2.28. The third-order valence-electron chi connectivity index (χ3n) is 3.16. The number of rotatable bonds is 7. The quantitative estimate of drug-likeness (QED) is 0.809. The van der Waals surface area contributed by atoms with Crippen LogP contribution >= 0.6 is 11.6 Å². The monoisotopic (exact) mass is 298 g/mol. The number of halogens is 1. The van der Waals surface area contributed by atoms with Gasteiger partial charge in [-0.05, 0) is 57.9 Å². The summed E-state index contributed by atoms with van der Waals surface area (Å²) in [5.74, 6) is 0. The number of aliphatic hydroxyl groups excluding tert-OH is 1. The molecule has 0 saturated heterocycles. The predicted octanol–water partition coefficient (Wildman–Crippen LogP) is 3.44. The Morgan fingerprint density at radius 3 is 2.55 bits per heavy atom. The summed E-state index contributed by atoms with van der Waals surface area (Å²) < 4.78 is 0. The molecule has 2 N–H and O–H groups in total. The Balaban J connectivity index is 2.93. The Bertz CT molecular complexity index is 415. The Morgan fingerprint density at radius 2 is 2.00 bits per heavy atom. The smallest absolute Gasteiger partial charge is 0.0447 e. The van der Waals surface area contributed by atoms with E-state index in [0.29, 0.717) is 0 Å². The van der Waals surface area contributed by atoms with Crippen LogP contribution in [-0.4, -0.2) is 30.3 Å². The van der Waals surface area contributed by atoms with Crippen molar-refractivity contribution in [2.24, 2.45) is 0 Å². The van der Waals surface area contributed by atoms with Crippen LogP contribution < -0.4 is 10.2 Å². The van der Waals surface area contributed by atoms with Crippen LogP contribution in [0, 0.1) is 0 Å². The number of hydrogen-bond acceptors (Lipinski definition) is 3. The maximum Gasteiger partial charge on any atom is 0.0447 e. The van der Waals surface area contributed by atoms with Gasteiger partial charge in [-0.2, -0.15) is 0 Å². The summed E-state index contributed by atoms with van der Waals surface area (Å²) in [5, 5.41) is 13.3. The molecule has 0 saturated carbocycles. The van der Waals surface area contributed by atoms with Crippen LogP contribution in [-0.2, 0) is 6.54 Å². The molecule has 1 rings (SSSR count). The second-order valence-electron chi connectivity index (χ2n) is 6.03. The SMILES string of the molecule is CCN(CCCO)c1ccc(Cl)cc1CNC(C)(C)C. The minimum atomic E-state index is 0.0712. The third-order valence-corrected chi connectivity index (χ3v) is 3.39. The molecule has 0 bridgehead atoms. The van der Waals surface area contributed by atoms with Crippen molar-refractivity contribution in [1.82, 2.24) is 5.32 Å². The molecule has 0 unspecified atom stereocenters. The minimum absolute atomic E-state index is 0.0712. The molecule has 1 aromatic carbocycles. The Morgan fingerprint density at radius 1 is 1.30 bits per heavy atom. The number of anilines is 1. The lowest BCUT2D eigenvalue weighted by Gasteiger charge is -2.28. The number of benzene rings is 1. The van der Waals surface area contributed by atoms with Gasteiger partial charge < -0.3 is 15.3 Å². The van der Waals surface area contributed by atoms with Crippen molar-refractivity contribution in [2.45, 2.75) is 46.2 Å². The summed E-state index contributed by atoms with van der Waals surface area (Å²) in [6.45, 7) is 11.4. The van der Waals surface area contributed by atoms with Crippen LogP contribution in [0.4, 0.5) is 5.69 Å². The Labute approximate surface area is 127 Å². The highest BCUT2D eigenvalue weighted by atomic mass is 35.5. The van der Waals surface area contributed by atoms with Gasteiger partial charge in [0.1, 0.15) is 0 Å². The van der Waals surface area contributed by atoms with Crippen molar-refractivity contribution in [1.29, 1.82) is 0 Å². The van der Waals surface area contributed by atoms with Crippen molar-refractivity contribution < 1.29 is 5.11 Å². The molecule has 3 nitrogen and oxygen atoms in total.